The summed E-state index contributed by atoms with van der Waals surface area (Å²) in [6.45, 7) is 3.51. The minimum Gasteiger partial charge on any atom is -0.373 e. The van der Waals surface area contributed by atoms with Gasteiger partial charge in [-0.25, -0.2) is 0 Å². The molecule has 2 heterocycles. The van der Waals surface area contributed by atoms with Crippen LogP contribution in [0, 0.1) is 0 Å². The Morgan fingerprint density at radius 2 is 2.29 bits per heavy atom. The van der Waals surface area contributed by atoms with E-state index < -0.39 is 0 Å². The first-order valence-corrected chi connectivity index (χ1v) is 8.19. The van der Waals surface area contributed by atoms with E-state index in [2.05, 4.69) is 17.3 Å². The van der Waals surface area contributed by atoms with Gasteiger partial charge in [0.1, 0.15) is 5.69 Å². The molecule has 116 valence electrons. The largest absolute Gasteiger partial charge is 0.373 e. The molecule has 1 amide bonds. The lowest BCUT2D eigenvalue weighted by Gasteiger charge is -2.32. The number of aryl methyl sites for hydroxylation is 1. The highest BCUT2D eigenvalue weighted by Gasteiger charge is 2.41. The van der Waals surface area contributed by atoms with Gasteiger partial charge in [-0.05, 0) is 31.7 Å². The summed E-state index contributed by atoms with van der Waals surface area (Å²) in [6.07, 6.45) is 9.74. The van der Waals surface area contributed by atoms with Crippen LogP contribution in [0.15, 0.2) is 12.3 Å². The number of nitrogens with zero attached hydrogens (tertiary/aromatic N) is 2. The monoisotopic (exact) mass is 291 g/mol. The van der Waals surface area contributed by atoms with E-state index in [0.717, 1.165) is 32.2 Å². The predicted octanol–water partition coefficient (Wildman–Crippen LogP) is 2.51. The van der Waals surface area contributed by atoms with Gasteiger partial charge in [-0.15, -0.1) is 0 Å². The Bertz CT molecular complexity index is 491. The van der Waals surface area contributed by atoms with Crippen molar-refractivity contribution in [1.82, 2.24) is 15.1 Å². The van der Waals surface area contributed by atoms with Gasteiger partial charge in [0.05, 0.1) is 18.2 Å². The molecule has 2 fully saturated rings. The lowest BCUT2D eigenvalue weighted by molar-refractivity contribution is -0.0246. The Kier molecular flexibility index (Phi) is 4.29. The van der Waals surface area contributed by atoms with E-state index in [9.17, 15) is 4.79 Å². The third-order valence-electron chi connectivity index (χ3n) is 4.69. The van der Waals surface area contributed by atoms with E-state index >= 15 is 0 Å². The van der Waals surface area contributed by atoms with Crippen molar-refractivity contribution in [3.05, 3.63) is 18.0 Å². The van der Waals surface area contributed by atoms with Crippen LogP contribution in [0.4, 0.5) is 0 Å². The first kappa shape index (κ1) is 14.6. The first-order chi connectivity index (χ1) is 10.2. The summed E-state index contributed by atoms with van der Waals surface area (Å²) >= 11 is 0. The molecule has 1 aromatic heterocycles. The van der Waals surface area contributed by atoms with Crippen LogP contribution >= 0.6 is 0 Å². The lowest BCUT2D eigenvalue weighted by atomic mass is 9.82. The van der Waals surface area contributed by atoms with Gasteiger partial charge in [0.15, 0.2) is 0 Å². The summed E-state index contributed by atoms with van der Waals surface area (Å²) in [6, 6.07) is 1.93. The molecule has 1 saturated heterocycles. The molecule has 3 rings (SSSR count). The number of hydrogen-bond donors (Lipinski definition) is 1. The van der Waals surface area contributed by atoms with Crippen molar-refractivity contribution >= 4 is 5.91 Å². The molecule has 2 aliphatic rings. The number of amides is 1. The molecule has 1 aromatic rings. The average molecular weight is 291 g/mol. The Hall–Kier alpha value is -1.36. The van der Waals surface area contributed by atoms with Crippen LogP contribution in [-0.4, -0.2) is 33.9 Å². The first-order valence-electron chi connectivity index (χ1n) is 8.19. The molecule has 1 N–H and O–H groups in total. The molecule has 1 atom stereocenters. The summed E-state index contributed by atoms with van der Waals surface area (Å²) in [7, 11) is 0. The van der Waals surface area contributed by atoms with Crippen molar-refractivity contribution in [2.45, 2.75) is 70.1 Å². The quantitative estimate of drug-likeness (QED) is 0.927. The van der Waals surface area contributed by atoms with Crippen molar-refractivity contribution in [3.63, 3.8) is 0 Å². The van der Waals surface area contributed by atoms with Gasteiger partial charge in [0.2, 0.25) is 0 Å². The molecule has 1 aliphatic heterocycles. The van der Waals surface area contributed by atoms with Crippen LogP contribution in [0.5, 0.6) is 0 Å². The summed E-state index contributed by atoms with van der Waals surface area (Å²) in [5.41, 5.74) is 0.696. The minimum atomic E-state index is -0.0255. The highest BCUT2D eigenvalue weighted by Crippen LogP contribution is 2.39. The van der Waals surface area contributed by atoms with Gasteiger partial charge in [-0.1, -0.05) is 26.2 Å². The molecule has 0 radical (unpaired) electrons. The fourth-order valence-corrected chi connectivity index (χ4v) is 3.66. The maximum atomic E-state index is 12.4. The van der Waals surface area contributed by atoms with E-state index in [1.165, 1.54) is 19.3 Å². The highest BCUT2D eigenvalue weighted by atomic mass is 16.5. The SMILES string of the molecule is CCCn1nccc1C(=O)N[C@H]1COC2(CCCCC2)C1. The topological polar surface area (TPSA) is 56.2 Å². The minimum absolute atomic E-state index is 0.0255. The number of nitrogens with one attached hydrogen (secondary N) is 1. The summed E-state index contributed by atoms with van der Waals surface area (Å²) < 4.78 is 7.83. The van der Waals surface area contributed by atoms with Gasteiger partial charge < -0.3 is 10.1 Å². The van der Waals surface area contributed by atoms with E-state index in [0.29, 0.717) is 12.3 Å². The number of aromatic nitrogens is 2. The van der Waals surface area contributed by atoms with Crippen LogP contribution in [0.1, 0.15) is 62.4 Å². The molecule has 5 heteroatoms. The number of hydrogen-bond acceptors (Lipinski definition) is 3. The molecule has 5 nitrogen and oxygen atoms in total. The second-order valence-corrected chi connectivity index (χ2v) is 6.37. The maximum Gasteiger partial charge on any atom is 0.269 e. The fraction of sp³-hybridized carbons (Fsp3) is 0.750. The summed E-state index contributed by atoms with van der Waals surface area (Å²) in [5, 5.41) is 7.34. The molecular formula is C16H25N3O2. The van der Waals surface area contributed by atoms with Gasteiger partial charge in [-0.3, -0.25) is 9.48 Å². The Morgan fingerprint density at radius 1 is 1.48 bits per heavy atom. The number of rotatable bonds is 4. The molecule has 1 aliphatic carbocycles. The second kappa shape index (κ2) is 6.18. The van der Waals surface area contributed by atoms with Gasteiger partial charge in [0.25, 0.3) is 5.91 Å². The lowest BCUT2D eigenvalue weighted by Crippen LogP contribution is -2.38. The van der Waals surface area contributed by atoms with Crippen LogP contribution < -0.4 is 5.32 Å². The number of carbonyl (C=O) groups is 1. The highest BCUT2D eigenvalue weighted by molar-refractivity contribution is 5.92. The zero-order valence-corrected chi connectivity index (χ0v) is 12.8. The van der Waals surface area contributed by atoms with Crippen molar-refractivity contribution in [2.24, 2.45) is 0 Å². The molecule has 1 saturated carbocycles. The molecule has 0 aromatic carbocycles. The van der Waals surface area contributed by atoms with Gasteiger partial charge in [0, 0.05) is 12.7 Å². The van der Waals surface area contributed by atoms with E-state index in [1.807, 2.05) is 0 Å². The van der Waals surface area contributed by atoms with Gasteiger partial charge >= 0.3 is 0 Å². The fourth-order valence-electron chi connectivity index (χ4n) is 3.66. The molecule has 0 bridgehead atoms. The molecule has 0 unspecified atom stereocenters. The third kappa shape index (κ3) is 3.12. The van der Waals surface area contributed by atoms with Crippen LogP contribution in [0.3, 0.4) is 0 Å². The second-order valence-electron chi connectivity index (χ2n) is 6.37. The van der Waals surface area contributed by atoms with E-state index in [4.69, 9.17) is 4.74 Å². The smallest absolute Gasteiger partial charge is 0.269 e. The number of carbonyl (C=O) groups excluding carboxylic acids is 1. The third-order valence-corrected chi connectivity index (χ3v) is 4.69. The molecule has 1 spiro atoms. The average Bonchev–Trinajstić information content (AvgIpc) is 3.08. The van der Waals surface area contributed by atoms with Crippen LogP contribution in [-0.2, 0) is 11.3 Å². The van der Waals surface area contributed by atoms with Crippen molar-refractivity contribution < 1.29 is 9.53 Å². The van der Waals surface area contributed by atoms with Crippen LogP contribution in [0.2, 0.25) is 0 Å². The molecule has 21 heavy (non-hydrogen) atoms. The van der Waals surface area contributed by atoms with Crippen LogP contribution in [0.25, 0.3) is 0 Å². The maximum absolute atomic E-state index is 12.4. The van der Waals surface area contributed by atoms with E-state index in [1.54, 1.807) is 16.9 Å². The zero-order valence-electron chi connectivity index (χ0n) is 12.8. The Labute approximate surface area is 126 Å². The van der Waals surface area contributed by atoms with Crippen molar-refractivity contribution in [1.29, 1.82) is 0 Å². The normalized spacial score (nSPS) is 24.3. The zero-order chi connectivity index (χ0) is 14.7. The van der Waals surface area contributed by atoms with Crippen molar-refractivity contribution in [3.8, 4) is 0 Å². The van der Waals surface area contributed by atoms with E-state index in [-0.39, 0.29) is 17.6 Å². The van der Waals surface area contributed by atoms with Crippen molar-refractivity contribution in [2.75, 3.05) is 6.61 Å². The standard InChI is InChI=1S/C16H25N3O2/c1-2-10-19-14(6-9-17-19)15(20)18-13-11-16(21-12-13)7-4-3-5-8-16/h6,9,13H,2-5,7-8,10-12H2,1H3,(H,18,20)/t13-/m1/s1. The Morgan fingerprint density at radius 3 is 3.05 bits per heavy atom. The molecular weight excluding hydrogens is 266 g/mol. The van der Waals surface area contributed by atoms with Gasteiger partial charge in [-0.2, -0.15) is 5.10 Å². The number of ether oxygens (including phenoxy) is 1. The summed E-state index contributed by atoms with van der Waals surface area (Å²) in [5.74, 6) is -0.0255. The predicted molar refractivity (Wildman–Crippen MR) is 80.2 cm³/mol. The Balaban J connectivity index is 1.59. The summed E-state index contributed by atoms with van der Waals surface area (Å²) in [4.78, 5) is 12.4.